The number of aromatic nitrogens is 3. The molecule has 0 bridgehead atoms. The second kappa shape index (κ2) is 9.64. The molecule has 1 saturated heterocycles. The molecule has 0 radical (unpaired) electrons. The fourth-order valence-electron chi connectivity index (χ4n) is 4.30. The molecule has 1 amide bonds. The highest BCUT2D eigenvalue weighted by Gasteiger charge is 2.28. The summed E-state index contributed by atoms with van der Waals surface area (Å²) >= 11 is 7.87. The van der Waals surface area contributed by atoms with Gasteiger partial charge in [0, 0.05) is 24.7 Å². The van der Waals surface area contributed by atoms with Gasteiger partial charge in [-0.05, 0) is 55.7 Å². The van der Waals surface area contributed by atoms with Crippen LogP contribution in [0.1, 0.15) is 24.1 Å². The van der Waals surface area contributed by atoms with Crippen molar-refractivity contribution in [2.24, 2.45) is 5.92 Å². The maximum atomic E-state index is 12.9. The molecule has 1 atom stereocenters. The van der Waals surface area contributed by atoms with Gasteiger partial charge in [0.25, 0.3) is 0 Å². The summed E-state index contributed by atoms with van der Waals surface area (Å²) in [6.07, 6.45) is 1.82. The number of rotatable bonds is 6. The van der Waals surface area contributed by atoms with Crippen LogP contribution in [0.3, 0.4) is 0 Å². The van der Waals surface area contributed by atoms with Crippen molar-refractivity contribution in [1.82, 2.24) is 20.1 Å². The third-order valence-corrected chi connectivity index (χ3v) is 7.75. The zero-order valence-corrected chi connectivity index (χ0v) is 20.7. The number of halogens is 1. The lowest BCUT2D eigenvalue weighted by Crippen LogP contribution is -2.43. The number of benzene rings is 2. The number of piperidine rings is 1. The van der Waals surface area contributed by atoms with Crippen LogP contribution in [-0.2, 0) is 11.3 Å². The standard InChI is InChI=1S/C25H26ClN5O2S/c1-16-22-23(31(29-16)19-9-11-20(33-2)12-10-19)28-25(34-22)30-13-5-7-18(15-30)24(32)27-14-17-6-3-4-8-21(17)26/h3-4,6,8-12,18H,5,7,13-15H2,1-2H3,(H,27,32)/t18-/m0/s1. The monoisotopic (exact) mass is 495 g/mol. The fourth-order valence-corrected chi connectivity index (χ4v) is 5.52. The Kier molecular flexibility index (Phi) is 6.43. The molecule has 1 aliphatic heterocycles. The Morgan fingerprint density at radius 1 is 1.24 bits per heavy atom. The van der Waals surface area contributed by atoms with Gasteiger partial charge in [0.1, 0.15) is 5.75 Å². The van der Waals surface area contributed by atoms with Crippen LogP contribution in [0.4, 0.5) is 5.13 Å². The van der Waals surface area contributed by atoms with Gasteiger partial charge in [-0.15, -0.1) is 0 Å². The minimum atomic E-state index is -0.0811. The van der Waals surface area contributed by atoms with Crippen molar-refractivity contribution in [1.29, 1.82) is 0 Å². The van der Waals surface area contributed by atoms with E-state index in [0.29, 0.717) is 18.1 Å². The number of nitrogens with one attached hydrogen (secondary N) is 1. The van der Waals surface area contributed by atoms with Crippen LogP contribution in [0.25, 0.3) is 16.0 Å². The van der Waals surface area contributed by atoms with Crippen LogP contribution < -0.4 is 15.0 Å². The molecule has 34 heavy (non-hydrogen) atoms. The smallest absolute Gasteiger partial charge is 0.225 e. The zero-order valence-electron chi connectivity index (χ0n) is 19.1. The summed E-state index contributed by atoms with van der Waals surface area (Å²) in [5, 5.41) is 9.36. The Hall–Kier alpha value is -3.10. The summed E-state index contributed by atoms with van der Waals surface area (Å²) in [5.41, 5.74) is 3.65. The van der Waals surface area contributed by atoms with E-state index < -0.39 is 0 Å². The molecule has 3 heterocycles. The van der Waals surface area contributed by atoms with Gasteiger partial charge in [-0.25, -0.2) is 4.68 Å². The van der Waals surface area contributed by atoms with E-state index in [-0.39, 0.29) is 11.8 Å². The highest BCUT2D eigenvalue weighted by molar-refractivity contribution is 7.22. The molecule has 1 aliphatic rings. The van der Waals surface area contributed by atoms with E-state index in [2.05, 4.69) is 10.2 Å². The van der Waals surface area contributed by atoms with Gasteiger partial charge in [0.05, 0.1) is 29.1 Å². The SMILES string of the molecule is COc1ccc(-n2nc(C)c3sc(N4CCC[C@H](C(=O)NCc5ccccc5Cl)C4)nc32)cc1. The van der Waals surface area contributed by atoms with E-state index in [1.54, 1.807) is 18.4 Å². The molecule has 4 aromatic rings. The molecule has 1 fully saturated rings. The molecule has 0 saturated carbocycles. The first kappa shape index (κ1) is 22.7. The van der Waals surface area contributed by atoms with Crippen LogP contribution >= 0.6 is 22.9 Å². The Morgan fingerprint density at radius 2 is 2.03 bits per heavy atom. The van der Waals surface area contributed by atoms with Gasteiger partial charge in [-0.2, -0.15) is 10.1 Å². The molecule has 0 unspecified atom stereocenters. The maximum absolute atomic E-state index is 12.9. The highest BCUT2D eigenvalue weighted by Crippen LogP contribution is 2.34. The topological polar surface area (TPSA) is 72.3 Å². The second-order valence-electron chi connectivity index (χ2n) is 8.44. The maximum Gasteiger partial charge on any atom is 0.225 e. The number of hydrogen-bond acceptors (Lipinski definition) is 6. The lowest BCUT2D eigenvalue weighted by atomic mass is 9.97. The van der Waals surface area contributed by atoms with E-state index in [4.69, 9.17) is 26.4 Å². The lowest BCUT2D eigenvalue weighted by Gasteiger charge is -2.31. The number of methoxy groups -OCH3 is 1. The third-order valence-electron chi connectivity index (χ3n) is 6.17. The van der Waals surface area contributed by atoms with Crippen molar-refractivity contribution in [2.45, 2.75) is 26.3 Å². The number of aryl methyl sites for hydroxylation is 1. The van der Waals surface area contributed by atoms with Crippen molar-refractivity contribution < 1.29 is 9.53 Å². The normalized spacial score (nSPS) is 16.1. The number of fused-ring (bicyclic) bond motifs is 1. The summed E-state index contributed by atoms with van der Waals surface area (Å²) in [7, 11) is 1.65. The quantitative estimate of drug-likeness (QED) is 0.408. The zero-order chi connectivity index (χ0) is 23.7. The molecule has 1 N–H and O–H groups in total. The summed E-state index contributed by atoms with van der Waals surface area (Å²) in [4.78, 5) is 20.1. The summed E-state index contributed by atoms with van der Waals surface area (Å²) in [6, 6.07) is 15.4. The molecule has 2 aromatic heterocycles. The number of anilines is 1. The molecule has 7 nitrogen and oxygen atoms in total. The van der Waals surface area contributed by atoms with E-state index in [0.717, 1.165) is 57.6 Å². The molecule has 9 heteroatoms. The third kappa shape index (κ3) is 4.48. The number of carbonyl (C=O) groups is 1. The largest absolute Gasteiger partial charge is 0.497 e. The first-order chi connectivity index (χ1) is 16.5. The van der Waals surface area contributed by atoms with Crippen LogP contribution in [0.2, 0.25) is 5.02 Å². The van der Waals surface area contributed by atoms with Crippen molar-refractivity contribution >= 4 is 44.3 Å². The summed E-state index contributed by atoms with van der Waals surface area (Å²) in [6.45, 7) is 3.98. The molecular formula is C25H26ClN5O2S. The van der Waals surface area contributed by atoms with Crippen LogP contribution in [0, 0.1) is 12.8 Å². The molecule has 0 aliphatic carbocycles. The first-order valence-electron chi connectivity index (χ1n) is 11.3. The van der Waals surface area contributed by atoms with E-state index in [1.165, 1.54) is 0 Å². The van der Waals surface area contributed by atoms with Crippen LogP contribution in [-0.4, -0.2) is 40.9 Å². The summed E-state index contributed by atoms with van der Waals surface area (Å²) < 4.78 is 8.21. The Morgan fingerprint density at radius 3 is 2.79 bits per heavy atom. The molecule has 2 aromatic carbocycles. The number of ether oxygens (including phenoxy) is 1. The van der Waals surface area contributed by atoms with Crippen LogP contribution in [0.15, 0.2) is 48.5 Å². The number of hydrogen-bond donors (Lipinski definition) is 1. The minimum Gasteiger partial charge on any atom is -0.497 e. The van der Waals surface area contributed by atoms with Crippen LogP contribution in [0.5, 0.6) is 5.75 Å². The average Bonchev–Trinajstić information content (AvgIpc) is 3.44. The van der Waals surface area contributed by atoms with Gasteiger partial charge in [-0.1, -0.05) is 41.1 Å². The Balaban J connectivity index is 1.32. The van der Waals surface area contributed by atoms with Crippen molar-refractivity contribution in [3.63, 3.8) is 0 Å². The van der Waals surface area contributed by atoms with Crippen molar-refractivity contribution in [3.8, 4) is 11.4 Å². The molecular weight excluding hydrogens is 470 g/mol. The highest BCUT2D eigenvalue weighted by atomic mass is 35.5. The molecule has 176 valence electrons. The lowest BCUT2D eigenvalue weighted by molar-refractivity contribution is -0.125. The van der Waals surface area contributed by atoms with Crippen molar-refractivity contribution in [3.05, 3.63) is 64.8 Å². The first-order valence-corrected chi connectivity index (χ1v) is 12.5. The summed E-state index contributed by atoms with van der Waals surface area (Å²) in [5.74, 6) is 0.781. The number of carbonyl (C=O) groups excluding carboxylic acids is 1. The molecule has 5 rings (SSSR count). The predicted octanol–water partition coefficient (Wildman–Crippen LogP) is 4.99. The number of nitrogens with zero attached hydrogens (tertiary/aromatic N) is 4. The minimum absolute atomic E-state index is 0.0614. The fraction of sp³-hybridized carbons (Fsp3) is 0.320. The Bertz CT molecular complexity index is 1320. The number of thiazole rings is 1. The van der Waals surface area contributed by atoms with Gasteiger partial charge >= 0.3 is 0 Å². The average molecular weight is 496 g/mol. The van der Waals surface area contributed by atoms with Gasteiger partial charge in [0.2, 0.25) is 5.91 Å². The van der Waals surface area contributed by atoms with E-state index >= 15 is 0 Å². The van der Waals surface area contributed by atoms with E-state index in [1.807, 2.05) is 60.1 Å². The Labute approximate surface area is 207 Å². The number of amides is 1. The predicted molar refractivity (Wildman–Crippen MR) is 136 cm³/mol. The second-order valence-corrected chi connectivity index (χ2v) is 9.82. The van der Waals surface area contributed by atoms with E-state index in [9.17, 15) is 4.79 Å². The van der Waals surface area contributed by atoms with Gasteiger partial charge < -0.3 is 15.0 Å². The van der Waals surface area contributed by atoms with Gasteiger partial charge in [0.15, 0.2) is 10.8 Å². The molecule has 0 spiro atoms. The van der Waals surface area contributed by atoms with Crippen molar-refractivity contribution in [2.75, 3.05) is 25.1 Å². The van der Waals surface area contributed by atoms with Gasteiger partial charge in [-0.3, -0.25) is 4.79 Å².